The molecule has 0 aliphatic heterocycles. The van der Waals surface area contributed by atoms with E-state index < -0.39 is 0 Å². The van der Waals surface area contributed by atoms with Crippen molar-refractivity contribution >= 4 is 40.1 Å². The van der Waals surface area contributed by atoms with Gasteiger partial charge in [-0.3, -0.25) is 0 Å². The van der Waals surface area contributed by atoms with Crippen LogP contribution in [0.3, 0.4) is 0 Å². The Bertz CT molecular complexity index is 929. The van der Waals surface area contributed by atoms with Crippen LogP contribution in [0, 0.1) is 0 Å². The lowest BCUT2D eigenvalue weighted by molar-refractivity contribution is 0.267. The van der Waals surface area contributed by atoms with Gasteiger partial charge in [-0.05, 0) is 69.5 Å². The fraction of sp³-hybridized carbons (Fsp3) is 0.381. The highest BCUT2D eigenvalue weighted by atomic mass is 79.9. The van der Waals surface area contributed by atoms with Crippen LogP contribution in [0.4, 0.5) is 0 Å². The van der Waals surface area contributed by atoms with E-state index in [0.29, 0.717) is 13.2 Å². The lowest BCUT2D eigenvalue weighted by Crippen LogP contribution is -2.15. The molecular weight excluding hydrogens is 502 g/mol. The highest BCUT2D eigenvalue weighted by Gasteiger charge is 2.13. The predicted octanol–water partition coefficient (Wildman–Crippen LogP) is 4.64. The van der Waals surface area contributed by atoms with Crippen molar-refractivity contribution in [3.8, 4) is 11.5 Å². The van der Waals surface area contributed by atoms with Crippen LogP contribution < -0.4 is 14.8 Å². The van der Waals surface area contributed by atoms with E-state index in [2.05, 4.69) is 42.8 Å². The second kappa shape index (κ2) is 13.6. The normalized spacial score (nSPS) is 10.5. The van der Waals surface area contributed by atoms with Gasteiger partial charge in [0.15, 0.2) is 11.5 Å². The number of benzene rings is 2. The smallest absolute Gasteiger partial charge is 0.209 e. The van der Waals surface area contributed by atoms with Gasteiger partial charge in [0.2, 0.25) is 5.16 Å². The molecule has 0 aliphatic carbocycles. The third-order valence-electron chi connectivity index (χ3n) is 4.23. The Morgan fingerprint density at radius 1 is 1.13 bits per heavy atom. The topological polar surface area (TPSA) is 74.1 Å². The first-order valence-electron chi connectivity index (χ1n) is 9.85. The number of aryl methyl sites for hydroxylation is 1. The zero-order valence-electron chi connectivity index (χ0n) is 17.6. The summed E-state index contributed by atoms with van der Waals surface area (Å²) in [5.41, 5.74) is 2.26. The summed E-state index contributed by atoms with van der Waals surface area (Å²) in [4.78, 5) is 0. The van der Waals surface area contributed by atoms with Crippen LogP contribution in [0.2, 0.25) is 0 Å². The molecule has 0 unspecified atom stereocenters. The van der Waals surface area contributed by atoms with Crippen molar-refractivity contribution < 1.29 is 9.47 Å². The molecule has 0 radical (unpaired) electrons. The number of nitrogens with zero attached hydrogens (tertiary/aromatic N) is 4. The number of ether oxygens (including phenoxy) is 2. The van der Waals surface area contributed by atoms with Crippen LogP contribution >= 0.6 is 40.1 Å². The maximum atomic E-state index is 6.05. The number of thioether (sulfide) groups is 1. The van der Waals surface area contributed by atoms with Crippen molar-refractivity contribution in [3.05, 3.63) is 58.1 Å². The number of halogens is 2. The average molecular weight is 529 g/mol. The van der Waals surface area contributed by atoms with Crippen molar-refractivity contribution in [1.82, 2.24) is 25.5 Å². The summed E-state index contributed by atoms with van der Waals surface area (Å²) in [5, 5.41) is 15.8. The number of aromatic nitrogens is 4. The minimum absolute atomic E-state index is 0. The molecule has 10 heteroatoms. The van der Waals surface area contributed by atoms with Gasteiger partial charge in [-0.25, -0.2) is 4.68 Å². The largest absolute Gasteiger partial charge is 0.490 e. The lowest BCUT2D eigenvalue weighted by Gasteiger charge is -2.16. The maximum absolute atomic E-state index is 6.05. The SMILES string of the molecule is CCOc1cc(CNCCCSc2nnnn2C)cc(Br)c1OCc1ccccc1.Cl. The molecule has 2 aromatic carbocycles. The van der Waals surface area contributed by atoms with Gasteiger partial charge >= 0.3 is 0 Å². The Hall–Kier alpha value is -1.81. The molecule has 3 rings (SSSR count). The van der Waals surface area contributed by atoms with Gasteiger partial charge in [0.05, 0.1) is 11.1 Å². The summed E-state index contributed by atoms with van der Waals surface area (Å²) >= 11 is 5.31. The molecule has 0 spiro atoms. The third kappa shape index (κ3) is 7.99. The van der Waals surface area contributed by atoms with Crippen LogP contribution in [0.1, 0.15) is 24.5 Å². The van der Waals surface area contributed by atoms with Crippen LogP contribution in [-0.2, 0) is 20.2 Å². The van der Waals surface area contributed by atoms with Crippen molar-refractivity contribution in [2.45, 2.75) is 31.7 Å². The molecule has 0 saturated carbocycles. The fourth-order valence-electron chi connectivity index (χ4n) is 2.79. The van der Waals surface area contributed by atoms with Crippen LogP contribution in [0.15, 0.2) is 52.1 Å². The highest BCUT2D eigenvalue weighted by molar-refractivity contribution is 9.10. The second-order valence-electron chi connectivity index (χ2n) is 6.58. The van der Waals surface area contributed by atoms with Crippen molar-refractivity contribution in [3.63, 3.8) is 0 Å². The van der Waals surface area contributed by atoms with Gasteiger partial charge in [0, 0.05) is 19.3 Å². The highest BCUT2D eigenvalue weighted by Crippen LogP contribution is 2.37. The molecule has 0 atom stereocenters. The molecule has 0 bridgehead atoms. The van der Waals surface area contributed by atoms with Gasteiger partial charge in [0.25, 0.3) is 0 Å². The number of hydrogen-bond acceptors (Lipinski definition) is 7. The molecule has 0 aliphatic rings. The molecule has 1 N–H and O–H groups in total. The van der Waals surface area contributed by atoms with E-state index in [-0.39, 0.29) is 12.4 Å². The van der Waals surface area contributed by atoms with Crippen molar-refractivity contribution in [1.29, 1.82) is 0 Å². The quantitative estimate of drug-likeness (QED) is 0.271. The molecule has 7 nitrogen and oxygen atoms in total. The first-order chi connectivity index (χ1) is 14.7. The Morgan fingerprint density at radius 3 is 2.65 bits per heavy atom. The fourth-order valence-corrected chi connectivity index (χ4v) is 4.19. The summed E-state index contributed by atoms with van der Waals surface area (Å²) < 4.78 is 14.5. The van der Waals surface area contributed by atoms with Crippen LogP contribution in [0.25, 0.3) is 0 Å². The van der Waals surface area contributed by atoms with Gasteiger partial charge in [-0.15, -0.1) is 17.5 Å². The monoisotopic (exact) mass is 527 g/mol. The van der Waals surface area contributed by atoms with Crippen molar-refractivity contribution in [2.24, 2.45) is 7.05 Å². The van der Waals surface area contributed by atoms with Gasteiger partial charge in [-0.2, -0.15) is 0 Å². The Labute approximate surface area is 201 Å². The molecule has 1 aromatic heterocycles. The Kier molecular flexibility index (Phi) is 11.1. The molecule has 3 aromatic rings. The number of rotatable bonds is 12. The van der Waals surface area contributed by atoms with E-state index in [0.717, 1.165) is 57.5 Å². The summed E-state index contributed by atoms with van der Waals surface area (Å²) in [5.74, 6) is 2.45. The van der Waals surface area contributed by atoms with Gasteiger partial charge in [-0.1, -0.05) is 42.1 Å². The zero-order chi connectivity index (χ0) is 21.2. The first-order valence-corrected chi connectivity index (χ1v) is 11.6. The number of nitrogens with one attached hydrogen (secondary N) is 1. The predicted molar refractivity (Wildman–Crippen MR) is 129 cm³/mol. The molecular formula is C21H27BrClN5O2S. The van der Waals surface area contributed by atoms with E-state index in [9.17, 15) is 0 Å². The second-order valence-corrected chi connectivity index (χ2v) is 8.49. The Morgan fingerprint density at radius 2 is 1.94 bits per heavy atom. The van der Waals surface area contributed by atoms with E-state index in [1.165, 1.54) is 0 Å². The van der Waals surface area contributed by atoms with E-state index >= 15 is 0 Å². The van der Waals surface area contributed by atoms with Crippen molar-refractivity contribution in [2.75, 3.05) is 18.9 Å². The summed E-state index contributed by atoms with van der Waals surface area (Å²) in [6.07, 6.45) is 1.02. The van der Waals surface area contributed by atoms with Gasteiger partial charge < -0.3 is 14.8 Å². The summed E-state index contributed by atoms with van der Waals surface area (Å²) in [6.45, 7) is 4.72. The zero-order valence-corrected chi connectivity index (χ0v) is 20.8. The molecule has 31 heavy (non-hydrogen) atoms. The molecule has 0 amide bonds. The van der Waals surface area contributed by atoms with Crippen LogP contribution in [0.5, 0.6) is 11.5 Å². The van der Waals surface area contributed by atoms with E-state index in [4.69, 9.17) is 9.47 Å². The number of hydrogen-bond donors (Lipinski definition) is 1. The van der Waals surface area contributed by atoms with E-state index in [1.54, 1.807) is 16.4 Å². The van der Waals surface area contributed by atoms with E-state index in [1.807, 2.05) is 50.4 Å². The minimum atomic E-state index is 0. The molecule has 0 fully saturated rings. The van der Waals surface area contributed by atoms with Crippen LogP contribution in [-0.4, -0.2) is 39.1 Å². The molecule has 0 saturated heterocycles. The lowest BCUT2D eigenvalue weighted by atomic mass is 10.2. The number of tetrazole rings is 1. The van der Waals surface area contributed by atoms with Gasteiger partial charge in [0.1, 0.15) is 6.61 Å². The first kappa shape index (κ1) is 25.5. The summed E-state index contributed by atoms with van der Waals surface area (Å²) in [6, 6.07) is 14.2. The molecule has 168 valence electrons. The average Bonchev–Trinajstić information content (AvgIpc) is 3.15. The third-order valence-corrected chi connectivity index (χ3v) is 5.92. The summed E-state index contributed by atoms with van der Waals surface area (Å²) in [7, 11) is 1.85. The Balaban J connectivity index is 0.00000341. The minimum Gasteiger partial charge on any atom is -0.490 e. The maximum Gasteiger partial charge on any atom is 0.209 e. The standard InChI is InChI=1S/C21H26BrN5O2S.ClH/c1-3-28-19-13-17(14-23-10-7-11-30-21-24-25-26-27(21)2)12-18(22)20(19)29-15-16-8-5-4-6-9-16;/h4-6,8-9,12-13,23H,3,7,10-11,14-15H2,1-2H3;1H. The molecule has 1 heterocycles.